The van der Waals surface area contributed by atoms with E-state index in [0.29, 0.717) is 6.42 Å². The van der Waals surface area contributed by atoms with Gasteiger partial charge >= 0.3 is 0 Å². The van der Waals surface area contributed by atoms with Crippen LogP contribution in [-0.4, -0.2) is 34.0 Å². The fourth-order valence-electron chi connectivity index (χ4n) is 1.84. The van der Waals surface area contributed by atoms with Crippen LogP contribution in [-0.2, 0) is 10.0 Å². The third-order valence-corrected chi connectivity index (χ3v) is 4.56. The van der Waals surface area contributed by atoms with Crippen molar-refractivity contribution in [1.29, 1.82) is 0 Å². The van der Waals surface area contributed by atoms with Crippen molar-refractivity contribution in [3.63, 3.8) is 0 Å². The van der Waals surface area contributed by atoms with E-state index in [-0.39, 0.29) is 35.6 Å². The van der Waals surface area contributed by atoms with E-state index in [0.717, 1.165) is 12.8 Å². The molecule has 0 radical (unpaired) electrons. The maximum absolute atomic E-state index is 12.2. The van der Waals surface area contributed by atoms with Gasteiger partial charge in [-0.05, 0) is 30.7 Å². The molecule has 1 atom stereocenters. The molecule has 5 nitrogen and oxygen atoms in total. The van der Waals surface area contributed by atoms with Crippen LogP contribution in [0, 0.1) is 0 Å². The monoisotopic (exact) mass is 372 g/mol. The number of alkyl halides is 2. The lowest BCUT2D eigenvalue weighted by atomic mass is 10.1. The zero-order valence-corrected chi connectivity index (χ0v) is 14.5. The van der Waals surface area contributed by atoms with Crippen LogP contribution < -0.4 is 15.2 Å². The molecule has 0 heterocycles. The number of hydrogen-bond donors (Lipinski definition) is 2. The van der Waals surface area contributed by atoms with Crippen LogP contribution in [0.1, 0.15) is 26.2 Å². The second-order valence-corrected chi connectivity index (χ2v) is 6.58. The Morgan fingerprint density at radius 2 is 1.87 bits per heavy atom. The van der Waals surface area contributed by atoms with Crippen molar-refractivity contribution >= 4 is 22.4 Å². The minimum Gasteiger partial charge on any atom is -0.488 e. The highest BCUT2D eigenvalue weighted by Gasteiger charge is 2.19. The second kappa shape index (κ2) is 10.7. The van der Waals surface area contributed by atoms with Gasteiger partial charge in [-0.15, -0.1) is 12.4 Å². The Bertz CT molecular complexity index is 541. The van der Waals surface area contributed by atoms with Gasteiger partial charge < -0.3 is 10.5 Å². The summed E-state index contributed by atoms with van der Waals surface area (Å²) in [4.78, 5) is 0.0480. The van der Waals surface area contributed by atoms with Crippen LogP contribution in [0.2, 0.25) is 0 Å². The summed E-state index contributed by atoms with van der Waals surface area (Å²) in [5.41, 5.74) is 5.57. The van der Waals surface area contributed by atoms with E-state index >= 15 is 0 Å². The van der Waals surface area contributed by atoms with Crippen molar-refractivity contribution in [3.8, 4) is 5.75 Å². The molecular formula is C14H23ClF2N2O3S. The standard InChI is InChI=1S/C14H22F2N2O3S.ClH/c1-2-3-4-11(9-17)18-22(19,20)13-7-5-12(6-8-13)21-10-14(15)16;/h5-8,11,14,18H,2-4,9-10,17H2,1H3;1H. The lowest BCUT2D eigenvalue weighted by Crippen LogP contribution is -2.40. The molecule has 1 unspecified atom stereocenters. The van der Waals surface area contributed by atoms with Crippen LogP contribution in [0.3, 0.4) is 0 Å². The molecule has 0 aliphatic rings. The summed E-state index contributed by atoms with van der Waals surface area (Å²) in [5.74, 6) is 0.195. The van der Waals surface area contributed by atoms with Gasteiger partial charge in [-0.25, -0.2) is 21.9 Å². The topological polar surface area (TPSA) is 81.4 Å². The average molecular weight is 373 g/mol. The summed E-state index contributed by atoms with van der Waals surface area (Å²) in [6.07, 6.45) is -0.0740. The number of nitrogens with one attached hydrogen (secondary N) is 1. The molecule has 0 saturated carbocycles. The Morgan fingerprint density at radius 3 is 2.35 bits per heavy atom. The quantitative estimate of drug-likeness (QED) is 0.661. The second-order valence-electron chi connectivity index (χ2n) is 4.87. The Labute approximate surface area is 142 Å². The molecule has 0 saturated heterocycles. The SMILES string of the molecule is CCCCC(CN)NS(=O)(=O)c1ccc(OCC(F)F)cc1.Cl. The molecule has 0 aromatic heterocycles. The van der Waals surface area contributed by atoms with Crippen LogP contribution >= 0.6 is 12.4 Å². The summed E-state index contributed by atoms with van der Waals surface area (Å²) in [6.45, 7) is 1.51. The summed E-state index contributed by atoms with van der Waals surface area (Å²) < 4.78 is 55.8. The number of hydrogen-bond acceptors (Lipinski definition) is 4. The van der Waals surface area contributed by atoms with Crippen molar-refractivity contribution in [2.75, 3.05) is 13.2 Å². The third kappa shape index (κ3) is 7.92. The van der Waals surface area contributed by atoms with Crippen molar-refractivity contribution in [1.82, 2.24) is 4.72 Å². The van der Waals surface area contributed by atoms with Gasteiger partial charge in [0.15, 0.2) is 0 Å². The van der Waals surface area contributed by atoms with E-state index in [1.54, 1.807) is 0 Å². The van der Waals surface area contributed by atoms with Gasteiger partial charge in [-0.1, -0.05) is 19.8 Å². The maximum atomic E-state index is 12.2. The van der Waals surface area contributed by atoms with Crippen molar-refractivity contribution < 1.29 is 21.9 Å². The number of rotatable bonds is 10. The van der Waals surface area contributed by atoms with E-state index in [2.05, 4.69) is 4.72 Å². The number of ether oxygens (including phenoxy) is 1. The normalized spacial score (nSPS) is 12.7. The van der Waals surface area contributed by atoms with Gasteiger partial charge in [0.25, 0.3) is 6.43 Å². The minimum atomic E-state index is -3.68. The molecule has 0 bridgehead atoms. The molecule has 3 N–H and O–H groups in total. The minimum absolute atomic E-state index is 0. The first kappa shape index (κ1) is 22.0. The van der Waals surface area contributed by atoms with Crippen molar-refractivity contribution in [2.45, 2.75) is 43.5 Å². The molecule has 0 aliphatic carbocycles. The predicted molar refractivity (Wildman–Crippen MR) is 87.9 cm³/mol. The zero-order valence-electron chi connectivity index (χ0n) is 12.9. The highest BCUT2D eigenvalue weighted by molar-refractivity contribution is 7.89. The van der Waals surface area contributed by atoms with E-state index < -0.39 is 23.1 Å². The molecule has 0 aliphatic heterocycles. The lowest BCUT2D eigenvalue weighted by Gasteiger charge is -2.16. The summed E-state index contributed by atoms with van der Waals surface area (Å²) in [7, 11) is -3.68. The third-order valence-electron chi connectivity index (χ3n) is 3.02. The molecule has 0 spiro atoms. The Hall–Kier alpha value is -0.960. The highest BCUT2D eigenvalue weighted by atomic mass is 35.5. The Morgan fingerprint density at radius 1 is 1.26 bits per heavy atom. The van der Waals surface area contributed by atoms with Gasteiger partial charge in [0, 0.05) is 12.6 Å². The molecule has 1 aromatic rings. The molecule has 0 amide bonds. The molecule has 1 aromatic carbocycles. The van der Waals surface area contributed by atoms with Crippen molar-refractivity contribution in [2.24, 2.45) is 5.73 Å². The molecular weight excluding hydrogens is 350 g/mol. The molecule has 1 rings (SSSR count). The fourth-order valence-corrected chi connectivity index (χ4v) is 3.12. The number of nitrogens with two attached hydrogens (primary N) is 1. The van der Waals surface area contributed by atoms with Gasteiger partial charge in [0.1, 0.15) is 12.4 Å². The first-order chi connectivity index (χ1) is 10.4. The Balaban J connectivity index is 0.00000484. The van der Waals surface area contributed by atoms with Crippen LogP contribution in [0.5, 0.6) is 5.75 Å². The average Bonchev–Trinajstić information content (AvgIpc) is 2.49. The highest BCUT2D eigenvalue weighted by Crippen LogP contribution is 2.17. The van der Waals surface area contributed by atoms with E-state index in [4.69, 9.17) is 10.5 Å². The molecule has 134 valence electrons. The summed E-state index contributed by atoms with van der Waals surface area (Å²) in [5, 5.41) is 0. The summed E-state index contributed by atoms with van der Waals surface area (Å²) in [6, 6.07) is 5.01. The largest absolute Gasteiger partial charge is 0.488 e. The van der Waals surface area contributed by atoms with E-state index in [9.17, 15) is 17.2 Å². The van der Waals surface area contributed by atoms with Crippen LogP contribution in [0.25, 0.3) is 0 Å². The molecule has 9 heteroatoms. The van der Waals surface area contributed by atoms with Crippen LogP contribution in [0.15, 0.2) is 29.2 Å². The molecule has 0 fully saturated rings. The number of sulfonamides is 1. The van der Waals surface area contributed by atoms with Gasteiger partial charge in [0.05, 0.1) is 4.90 Å². The first-order valence-electron chi connectivity index (χ1n) is 7.12. The van der Waals surface area contributed by atoms with E-state index in [1.807, 2.05) is 6.92 Å². The Kier molecular flexibility index (Phi) is 10.3. The zero-order chi connectivity index (χ0) is 16.6. The van der Waals surface area contributed by atoms with Gasteiger partial charge in [0.2, 0.25) is 10.0 Å². The fraction of sp³-hybridized carbons (Fsp3) is 0.571. The summed E-state index contributed by atoms with van der Waals surface area (Å²) >= 11 is 0. The van der Waals surface area contributed by atoms with E-state index in [1.165, 1.54) is 24.3 Å². The van der Waals surface area contributed by atoms with Crippen molar-refractivity contribution in [3.05, 3.63) is 24.3 Å². The predicted octanol–water partition coefficient (Wildman–Crippen LogP) is 2.55. The van der Waals surface area contributed by atoms with Gasteiger partial charge in [-0.2, -0.15) is 0 Å². The smallest absolute Gasteiger partial charge is 0.272 e. The van der Waals surface area contributed by atoms with Crippen LogP contribution in [0.4, 0.5) is 8.78 Å². The van der Waals surface area contributed by atoms with Gasteiger partial charge in [-0.3, -0.25) is 0 Å². The number of halogens is 3. The maximum Gasteiger partial charge on any atom is 0.272 e. The molecule has 23 heavy (non-hydrogen) atoms. The first-order valence-corrected chi connectivity index (χ1v) is 8.60. The number of benzene rings is 1. The lowest BCUT2D eigenvalue weighted by molar-refractivity contribution is 0.0819. The number of unbranched alkanes of at least 4 members (excludes halogenated alkanes) is 1.